The van der Waals surface area contributed by atoms with Crippen molar-refractivity contribution in [2.24, 2.45) is 0 Å². The van der Waals surface area contributed by atoms with E-state index in [-0.39, 0.29) is 0 Å². The van der Waals surface area contributed by atoms with Crippen molar-refractivity contribution in [2.45, 2.75) is 6.92 Å². The Bertz CT molecular complexity index is 405. The van der Waals surface area contributed by atoms with Crippen molar-refractivity contribution >= 4 is 16.7 Å². The van der Waals surface area contributed by atoms with Crippen LogP contribution in [0.4, 0.5) is 5.13 Å². The molecule has 66 valence electrons. The van der Waals surface area contributed by atoms with Gasteiger partial charge in [0, 0.05) is 17.1 Å². The standard InChI is InChI=1S/C9H9N3S/c1-6-2-4-7(5-3-6)8-11-9(10)13-12-8/h2-5H,1H3,(H2,10,11,12). The highest BCUT2D eigenvalue weighted by molar-refractivity contribution is 7.09. The number of nitrogens with zero attached hydrogens (tertiary/aromatic N) is 2. The highest BCUT2D eigenvalue weighted by Gasteiger charge is 2.02. The minimum atomic E-state index is 0.510. The van der Waals surface area contributed by atoms with Gasteiger partial charge in [0.05, 0.1) is 0 Å². The van der Waals surface area contributed by atoms with E-state index in [4.69, 9.17) is 5.73 Å². The van der Waals surface area contributed by atoms with Crippen LogP contribution in [0.1, 0.15) is 5.56 Å². The van der Waals surface area contributed by atoms with E-state index in [1.807, 2.05) is 31.2 Å². The average molecular weight is 191 g/mol. The summed E-state index contributed by atoms with van der Waals surface area (Å²) in [6.45, 7) is 2.05. The SMILES string of the molecule is Cc1ccc(-c2nsc(N)n2)cc1. The molecule has 0 fully saturated rings. The fourth-order valence-electron chi connectivity index (χ4n) is 1.06. The number of hydrogen-bond donors (Lipinski definition) is 1. The maximum absolute atomic E-state index is 5.49. The van der Waals surface area contributed by atoms with Gasteiger partial charge in [0.1, 0.15) is 0 Å². The van der Waals surface area contributed by atoms with Crippen molar-refractivity contribution in [1.29, 1.82) is 0 Å². The summed E-state index contributed by atoms with van der Waals surface area (Å²) >= 11 is 1.22. The smallest absolute Gasteiger partial charge is 0.200 e. The van der Waals surface area contributed by atoms with Crippen molar-refractivity contribution in [3.05, 3.63) is 29.8 Å². The first-order valence-electron chi connectivity index (χ1n) is 3.92. The molecule has 0 radical (unpaired) electrons. The molecule has 1 heterocycles. The molecule has 13 heavy (non-hydrogen) atoms. The van der Waals surface area contributed by atoms with Crippen LogP contribution in [0.3, 0.4) is 0 Å². The number of aromatic nitrogens is 2. The second kappa shape index (κ2) is 3.14. The van der Waals surface area contributed by atoms with E-state index >= 15 is 0 Å². The maximum Gasteiger partial charge on any atom is 0.200 e. The fraction of sp³-hybridized carbons (Fsp3) is 0.111. The molecule has 1 aromatic carbocycles. The predicted octanol–water partition coefficient (Wildman–Crippen LogP) is 2.10. The molecule has 0 saturated carbocycles. The third-order valence-electron chi connectivity index (χ3n) is 1.75. The maximum atomic E-state index is 5.49. The summed E-state index contributed by atoms with van der Waals surface area (Å²) in [6.07, 6.45) is 0. The molecule has 0 aliphatic rings. The lowest BCUT2D eigenvalue weighted by molar-refractivity contribution is 1.32. The lowest BCUT2D eigenvalue weighted by Crippen LogP contribution is -1.83. The fourth-order valence-corrected chi connectivity index (χ4v) is 1.51. The largest absolute Gasteiger partial charge is 0.374 e. The lowest BCUT2D eigenvalue weighted by atomic mass is 10.1. The van der Waals surface area contributed by atoms with Crippen LogP contribution in [0.15, 0.2) is 24.3 Å². The molecule has 0 atom stereocenters. The van der Waals surface area contributed by atoms with E-state index in [0.717, 1.165) is 5.56 Å². The van der Waals surface area contributed by atoms with Gasteiger partial charge in [-0.1, -0.05) is 29.8 Å². The van der Waals surface area contributed by atoms with Crippen LogP contribution < -0.4 is 5.73 Å². The Morgan fingerprint density at radius 2 is 1.92 bits per heavy atom. The summed E-state index contributed by atoms with van der Waals surface area (Å²) in [6, 6.07) is 8.06. The van der Waals surface area contributed by atoms with Crippen molar-refractivity contribution in [3.8, 4) is 11.4 Å². The molecule has 3 nitrogen and oxygen atoms in total. The van der Waals surface area contributed by atoms with Crippen LogP contribution in [0.25, 0.3) is 11.4 Å². The van der Waals surface area contributed by atoms with E-state index < -0.39 is 0 Å². The molecule has 0 aliphatic heterocycles. The number of benzene rings is 1. The van der Waals surface area contributed by atoms with E-state index in [1.165, 1.54) is 17.1 Å². The average Bonchev–Trinajstić information content (AvgIpc) is 2.53. The minimum absolute atomic E-state index is 0.510. The third-order valence-corrected chi connectivity index (χ3v) is 2.29. The zero-order chi connectivity index (χ0) is 9.26. The number of anilines is 1. The van der Waals surface area contributed by atoms with E-state index in [9.17, 15) is 0 Å². The topological polar surface area (TPSA) is 51.8 Å². The van der Waals surface area contributed by atoms with E-state index in [2.05, 4.69) is 9.36 Å². The van der Waals surface area contributed by atoms with Crippen LogP contribution in [0.5, 0.6) is 0 Å². The molecule has 4 heteroatoms. The first-order valence-corrected chi connectivity index (χ1v) is 4.69. The molecule has 0 saturated heterocycles. The summed E-state index contributed by atoms with van der Waals surface area (Å²) in [5.41, 5.74) is 7.73. The number of aryl methyl sites for hydroxylation is 1. The molecule has 2 N–H and O–H groups in total. The zero-order valence-corrected chi connectivity index (χ0v) is 8.01. The summed E-state index contributed by atoms with van der Waals surface area (Å²) in [5, 5.41) is 0.510. The Kier molecular flexibility index (Phi) is 1.98. The first kappa shape index (κ1) is 8.19. The number of rotatable bonds is 1. The second-order valence-electron chi connectivity index (χ2n) is 2.82. The molecule has 0 aliphatic carbocycles. The van der Waals surface area contributed by atoms with Gasteiger partial charge < -0.3 is 5.73 Å². The van der Waals surface area contributed by atoms with E-state index in [0.29, 0.717) is 11.0 Å². The Morgan fingerprint density at radius 3 is 2.46 bits per heavy atom. The number of nitrogen functional groups attached to an aromatic ring is 1. The van der Waals surface area contributed by atoms with E-state index in [1.54, 1.807) is 0 Å². The third kappa shape index (κ3) is 1.67. The molecular formula is C9H9N3S. The Morgan fingerprint density at radius 1 is 1.23 bits per heavy atom. The second-order valence-corrected chi connectivity index (χ2v) is 3.61. The van der Waals surface area contributed by atoms with Gasteiger partial charge in [-0.25, -0.2) is 0 Å². The summed E-state index contributed by atoms with van der Waals surface area (Å²) in [4.78, 5) is 4.10. The van der Waals surface area contributed by atoms with Gasteiger partial charge >= 0.3 is 0 Å². The molecule has 0 amide bonds. The monoisotopic (exact) mass is 191 g/mol. The highest BCUT2D eigenvalue weighted by atomic mass is 32.1. The number of hydrogen-bond acceptors (Lipinski definition) is 4. The molecule has 1 aromatic heterocycles. The quantitative estimate of drug-likeness (QED) is 0.751. The Balaban J connectivity index is 2.41. The summed E-state index contributed by atoms with van der Waals surface area (Å²) < 4.78 is 4.12. The minimum Gasteiger partial charge on any atom is -0.374 e. The van der Waals surface area contributed by atoms with Gasteiger partial charge in [0.2, 0.25) is 0 Å². The van der Waals surface area contributed by atoms with Crippen molar-refractivity contribution in [2.75, 3.05) is 5.73 Å². The molecule has 0 spiro atoms. The van der Waals surface area contributed by atoms with Gasteiger partial charge in [-0.3, -0.25) is 0 Å². The Hall–Kier alpha value is -1.42. The lowest BCUT2D eigenvalue weighted by Gasteiger charge is -1.94. The summed E-state index contributed by atoms with van der Waals surface area (Å²) in [7, 11) is 0. The van der Waals surface area contributed by atoms with Crippen molar-refractivity contribution < 1.29 is 0 Å². The summed E-state index contributed by atoms with van der Waals surface area (Å²) in [5.74, 6) is 0.711. The molecule has 0 unspecified atom stereocenters. The van der Waals surface area contributed by atoms with Crippen LogP contribution in [0.2, 0.25) is 0 Å². The predicted molar refractivity (Wildman–Crippen MR) is 54.5 cm³/mol. The van der Waals surface area contributed by atoms with Gasteiger partial charge in [0.25, 0.3) is 0 Å². The van der Waals surface area contributed by atoms with Crippen molar-refractivity contribution in [3.63, 3.8) is 0 Å². The molecular weight excluding hydrogens is 182 g/mol. The van der Waals surface area contributed by atoms with Crippen LogP contribution in [0, 0.1) is 6.92 Å². The van der Waals surface area contributed by atoms with Crippen LogP contribution in [-0.2, 0) is 0 Å². The first-order chi connectivity index (χ1) is 6.25. The highest BCUT2D eigenvalue weighted by Crippen LogP contribution is 2.19. The van der Waals surface area contributed by atoms with Crippen molar-refractivity contribution in [1.82, 2.24) is 9.36 Å². The Labute approximate surface area is 80.4 Å². The van der Waals surface area contributed by atoms with Crippen LogP contribution >= 0.6 is 11.5 Å². The molecule has 2 aromatic rings. The van der Waals surface area contributed by atoms with Crippen LogP contribution in [-0.4, -0.2) is 9.36 Å². The zero-order valence-electron chi connectivity index (χ0n) is 7.19. The molecule has 0 bridgehead atoms. The van der Waals surface area contributed by atoms with Gasteiger partial charge in [0.15, 0.2) is 11.0 Å². The van der Waals surface area contributed by atoms with Gasteiger partial charge in [-0.15, -0.1) is 0 Å². The van der Waals surface area contributed by atoms with Gasteiger partial charge in [-0.2, -0.15) is 9.36 Å². The normalized spacial score (nSPS) is 10.2. The molecule has 2 rings (SSSR count). The number of nitrogens with two attached hydrogens (primary N) is 1. The van der Waals surface area contributed by atoms with Gasteiger partial charge in [-0.05, 0) is 6.92 Å².